The number of rotatable bonds is 4. The molecular formula is C25H28F9N5O8. The van der Waals surface area contributed by atoms with E-state index in [-0.39, 0.29) is 18.1 Å². The van der Waals surface area contributed by atoms with E-state index in [2.05, 4.69) is 26.5 Å². The quantitative estimate of drug-likeness (QED) is 0.341. The molecule has 4 heterocycles. The Hall–Kier alpha value is -4.47. The number of hydrogen-bond donors (Lipinski definition) is 4. The van der Waals surface area contributed by atoms with E-state index < -0.39 is 36.4 Å². The van der Waals surface area contributed by atoms with Crippen molar-refractivity contribution >= 4 is 29.5 Å². The minimum atomic E-state index is -5.08. The first-order valence-electron chi connectivity index (χ1n) is 12.9. The summed E-state index contributed by atoms with van der Waals surface area (Å²) in [6.07, 6.45) is -7.10. The van der Waals surface area contributed by atoms with E-state index in [9.17, 15) is 44.3 Å². The highest BCUT2D eigenvalue weighted by molar-refractivity contribution is 5.94. The Labute approximate surface area is 258 Å². The van der Waals surface area contributed by atoms with Crippen LogP contribution in [-0.2, 0) is 37.5 Å². The predicted molar refractivity (Wildman–Crippen MR) is 139 cm³/mol. The van der Waals surface area contributed by atoms with E-state index >= 15 is 0 Å². The maximum absolute atomic E-state index is 12.6. The number of hydrogen-bond acceptors (Lipinski definition) is 8. The molecule has 1 amide bonds. The number of carbonyl (C=O) groups excluding carboxylic acids is 1. The van der Waals surface area contributed by atoms with E-state index in [1.54, 1.807) is 6.20 Å². The number of carboxylic acids is 3. The lowest BCUT2D eigenvalue weighted by atomic mass is 9.98. The number of aryl methyl sites for hydroxylation is 2. The summed E-state index contributed by atoms with van der Waals surface area (Å²) >= 11 is 0. The summed E-state index contributed by atoms with van der Waals surface area (Å²) in [5, 5.41) is 28.6. The van der Waals surface area contributed by atoms with Gasteiger partial charge in [0.2, 0.25) is 0 Å². The summed E-state index contributed by atoms with van der Waals surface area (Å²) in [4.78, 5) is 46.0. The smallest absolute Gasteiger partial charge is 0.475 e. The van der Waals surface area contributed by atoms with Gasteiger partial charge in [-0.25, -0.2) is 14.4 Å². The number of halogens is 9. The van der Waals surface area contributed by atoms with Gasteiger partial charge >= 0.3 is 36.4 Å². The second-order valence-electron chi connectivity index (χ2n) is 9.62. The van der Waals surface area contributed by atoms with Crippen molar-refractivity contribution in [3.8, 4) is 0 Å². The molecule has 2 aliphatic rings. The average Bonchev–Trinajstić information content (AvgIpc) is 3.54. The van der Waals surface area contributed by atoms with Gasteiger partial charge < -0.3 is 25.4 Å². The second kappa shape index (κ2) is 16.9. The number of amides is 1. The van der Waals surface area contributed by atoms with Crippen molar-refractivity contribution in [3.05, 3.63) is 42.0 Å². The highest BCUT2D eigenvalue weighted by atomic mass is 19.4. The van der Waals surface area contributed by atoms with Crippen LogP contribution in [0.4, 0.5) is 45.2 Å². The van der Waals surface area contributed by atoms with Gasteiger partial charge in [0, 0.05) is 44.1 Å². The lowest BCUT2D eigenvalue weighted by Gasteiger charge is -2.35. The molecule has 0 bridgehead atoms. The standard InChI is InChI=1S/C19H25N5O2.3C2HF3O2/c1-13-15(4-3-8-20-13)22-19(25)18-6-5-16-17(26-18)7-9-24(16)12-14-10-21-23(2)11-14;3*3-2(4,5)1(6)7/h3-4,8,10-11,16-18H,5-7,9,12H2,1-2H3,(H,22,25);3*(H,6,7)/t16-,17-,18+;;;/m1.../s1. The van der Waals surface area contributed by atoms with Gasteiger partial charge in [-0.05, 0) is 38.3 Å². The van der Waals surface area contributed by atoms with Crippen LogP contribution in [0.25, 0.3) is 0 Å². The third-order valence-electron chi connectivity index (χ3n) is 6.09. The van der Waals surface area contributed by atoms with Gasteiger partial charge in [0.1, 0.15) is 6.10 Å². The van der Waals surface area contributed by atoms with E-state index in [4.69, 9.17) is 34.4 Å². The molecule has 0 radical (unpaired) electrons. The Kier molecular flexibility index (Phi) is 14.6. The van der Waals surface area contributed by atoms with Crippen molar-refractivity contribution in [3.63, 3.8) is 0 Å². The molecule has 2 aliphatic heterocycles. The molecule has 0 aliphatic carbocycles. The molecule has 22 heteroatoms. The maximum atomic E-state index is 12.6. The van der Waals surface area contributed by atoms with E-state index in [0.717, 1.165) is 43.7 Å². The zero-order valence-corrected chi connectivity index (χ0v) is 24.2. The maximum Gasteiger partial charge on any atom is 0.490 e. The molecule has 2 aromatic heterocycles. The third-order valence-corrected chi connectivity index (χ3v) is 6.09. The molecule has 0 saturated carbocycles. The molecule has 47 heavy (non-hydrogen) atoms. The normalized spacial score (nSPS) is 19.3. The summed E-state index contributed by atoms with van der Waals surface area (Å²) in [5.41, 5.74) is 2.80. The number of carbonyl (C=O) groups is 4. The first-order valence-corrected chi connectivity index (χ1v) is 12.9. The number of ether oxygens (including phenoxy) is 1. The minimum Gasteiger partial charge on any atom is -0.475 e. The number of alkyl halides is 9. The van der Waals surface area contributed by atoms with Crippen LogP contribution < -0.4 is 5.32 Å². The van der Waals surface area contributed by atoms with Gasteiger partial charge in [-0.2, -0.15) is 44.6 Å². The van der Waals surface area contributed by atoms with E-state index in [1.165, 1.54) is 5.56 Å². The molecule has 0 aromatic carbocycles. The van der Waals surface area contributed by atoms with Crippen LogP contribution in [0.2, 0.25) is 0 Å². The van der Waals surface area contributed by atoms with Gasteiger partial charge in [-0.3, -0.25) is 19.4 Å². The summed E-state index contributed by atoms with van der Waals surface area (Å²) < 4.78 is 103. The Morgan fingerprint density at radius 2 is 1.43 bits per heavy atom. The molecule has 0 spiro atoms. The Morgan fingerprint density at radius 1 is 0.915 bits per heavy atom. The number of carboxylic acid groups (broad SMARTS) is 3. The van der Waals surface area contributed by atoms with Gasteiger partial charge in [-0.1, -0.05) is 0 Å². The molecule has 2 aromatic rings. The summed E-state index contributed by atoms with van der Waals surface area (Å²) in [6.45, 7) is 3.78. The number of nitrogens with one attached hydrogen (secondary N) is 1. The van der Waals surface area contributed by atoms with Crippen LogP contribution in [-0.4, -0.2) is 102 Å². The topological polar surface area (TPSA) is 184 Å². The molecule has 13 nitrogen and oxygen atoms in total. The van der Waals surface area contributed by atoms with Gasteiger partial charge in [-0.15, -0.1) is 0 Å². The Bertz CT molecular complexity index is 1310. The fourth-order valence-electron chi connectivity index (χ4n) is 4.02. The molecule has 2 fully saturated rings. The van der Waals surface area contributed by atoms with Crippen molar-refractivity contribution in [1.29, 1.82) is 0 Å². The number of nitrogens with zero attached hydrogens (tertiary/aromatic N) is 4. The van der Waals surface area contributed by atoms with E-state index in [1.807, 2.05) is 37.0 Å². The van der Waals surface area contributed by atoms with Crippen molar-refractivity contribution in [2.45, 2.75) is 69.5 Å². The van der Waals surface area contributed by atoms with Gasteiger partial charge in [0.25, 0.3) is 5.91 Å². The summed E-state index contributed by atoms with van der Waals surface area (Å²) in [5.74, 6) is -8.34. The highest BCUT2D eigenvalue weighted by Crippen LogP contribution is 2.33. The molecule has 4 rings (SSSR count). The first-order chi connectivity index (χ1) is 21.4. The van der Waals surface area contributed by atoms with Crippen LogP contribution in [0.5, 0.6) is 0 Å². The van der Waals surface area contributed by atoms with Crippen LogP contribution in [0.3, 0.4) is 0 Å². The number of anilines is 1. The largest absolute Gasteiger partial charge is 0.490 e. The monoisotopic (exact) mass is 697 g/mol. The predicted octanol–water partition coefficient (Wildman–Crippen LogP) is 3.78. The van der Waals surface area contributed by atoms with Crippen molar-refractivity contribution < 1.29 is 78.7 Å². The zero-order valence-electron chi connectivity index (χ0n) is 24.2. The van der Waals surface area contributed by atoms with Crippen LogP contribution >= 0.6 is 0 Å². The molecule has 3 atom stereocenters. The van der Waals surface area contributed by atoms with Gasteiger partial charge in [0.05, 0.1) is 23.7 Å². The van der Waals surface area contributed by atoms with Crippen molar-refractivity contribution in [2.24, 2.45) is 7.05 Å². The summed E-state index contributed by atoms with van der Waals surface area (Å²) in [6, 6.07) is 4.09. The highest BCUT2D eigenvalue weighted by Gasteiger charge is 2.42. The molecule has 2 saturated heterocycles. The molecule has 0 unspecified atom stereocenters. The first kappa shape index (κ1) is 40.6. The fraction of sp³-hybridized carbons (Fsp3) is 0.520. The SMILES string of the molecule is Cc1ncccc1NC(=O)[C@@H]1CC[C@@H]2[C@@H](CCN2Cc2cnn(C)c2)O1.O=C(O)C(F)(F)F.O=C(O)C(F)(F)F.O=C(O)C(F)(F)F. The third kappa shape index (κ3) is 14.2. The Morgan fingerprint density at radius 3 is 1.85 bits per heavy atom. The van der Waals surface area contributed by atoms with Crippen LogP contribution in [0, 0.1) is 6.92 Å². The van der Waals surface area contributed by atoms with Crippen molar-refractivity contribution in [1.82, 2.24) is 19.7 Å². The average molecular weight is 698 g/mol. The van der Waals surface area contributed by atoms with Crippen molar-refractivity contribution in [2.75, 3.05) is 11.9 Å². The second-order valence-corrected chi connectivity index (χ2v) is 9.62. The molecule has 264 valence electrons. The molecule has 4 N–H and O–H groups in total. The summed E-state index contributed by atoms with van der Waals surface area (Å²) in [7, 11) is 1.94. The number of aromatic nitrogens is 3. The Balaban J connectivity index is 0.000000430. The minimum absolute atomic E-state index is 0.0646. The van der Waals surface area contributed by atoms with E-state index in [0.29, 0.717) is 6.04 Å². The number of likely N-dealkylation sites (tertiary alicyclic amines) is 1. The number of pyridine rings is 1. The lowest BCUT2D eigenvalue weighted by molar-refractivity contribution is -0.193. The number of fused-ring (bicyclic) bond motifs is 1. The van der Waals surface area contributed by atoms with Crippen LogP contribution in [0.15, 0.2) is 30.7 Å². The zero-order chi connectivity index (χ0) is 36.3. The lowest BCUT2D eigenvalue weighted by Crippen LogP contribution is -2.46. The fourth-order valence-corrected chi connectivity index (χ4v) is 4.02. The van der Waals surface area contributed by atoms with Gasteiger partial charge in [0.15, 0.2) is 0 Å². The van der Waals surface area contributed by atoms with Crippen LogP contribution in [0.1, 0.15) is 30.5 Å². The molecular weight excluding hydrogens is 669 g/mol. The number of aliphatic carboxylic acids is 3.